The van der Waals surface area contributed by atoms with E-state index in [-0.39, 0.29) is 12.5 Å². The van der Waals surface area contributed by atoms with E-state index in [1.807, 2.05) is 14.0 Å². The van der Waals surface area contributed by atoms with Crippen LogP contribution in [0.3, 0.4) is 0 Å². The number of nitrogens with zero attached hydrogens (tertiary/aromatic N) is 2. The van der Waals surface area contributed by atoms with Crippen molar-refractivity contribution in [2.75, 3.05) is 6.61 Å². The molecule has 1 aliphatic carbocycles. The molecule has 0 unspecified atom stereocenters. The molecule has 0 aromatic carbocycles. The van der Waals surface area contributed by atoms with Crippen molar-refractivity contribution in [1.29, 1.82) is 0 Å². The summed E-state index contributed by atoms with van der Waals surface area (Å²) in [4.78, 5) is 12.0. The molecule has 0 bridgehead atoms. The van der Waals surface area contributed by atoms with Gasteiger partial charge in [0, 0.05) is 12.7 Å². The van der Waals surface area contributed by atoms with E-state index in [4.69, 9.17) is 0 Å². The molecule has 5 nitrogen and oxygen atoms in total. The Morgan fingerprint density at radius 2 is 2.24 bits per heavy atom. The molecule has 0 aliphatic heterocycles. The summed E-state index contributed by atoms with van der Waals surface area (Å²) >= 11 is 0. The molecule has 1 heterocycles. The third kappa shape index (κ3) is 2.34. The Hall–Kier alpha value is -1.36. The first-order valence-corrected chi connectivity index (χ1v) is 6.00. The van der Waals surface area contributed by atoms with Gasteiger partial charge in [-0.3, -0.25) is 9.48 Å². The second-order valence-electron chi connectivity index (χ2n) is 4.89. The lowest BCUT2D eigenvalue weighted by atomic mass is 9.99. The van der Waals surface area contributed by atoms with Gasteiger partial charge in [-0.15, -0.1) is 0 Å². The van der Waals surface area contributed by atoms with Crippen LogP contribution in [-0.4, -0.2) is 32.9 Å². The Balaban J connectivity index is 2.10. The fraction of sp³-hybridized carbons (Fsp3) is 0.667. The van der Waals surface area contributed by atoms with Crippen LogP contribution in [0.4, 0.5) is 0 Å². The predicted octanol–water partition coefficient (Wildman–Crippen LogP) is 0.763. The van der Waals surface area contributed by atoms with Gasteiger partial charge in [0.25, 0.3) is 5.91 Å². The fourth-order valence-corrected chi connectivity index (χ4v) is 2.35. The van der Waals surface area contributed by atoms with Crippen LogP contribution in [0.25, 0.3) is 0 Å². The van der Waals surface area contributed by atoms with Gasteiger partial charge in [0.15, 0.2) is 0 Å². The summed E-state index contributed by atoms with van der Waals surface area (Å²) in [5.41, 5.74) is 0.937. The van der Waals surface area contributed by atoms with E-state index in [0.717, 1.165) is 31.4 Å². The Labute approximate surface area is 101 Å². The smallest absolute Gasteiger partial charge is 0.272 e. The lowest BCUT2D eigenvalue weighted by Crippen LogP contribution is -2.49. The van der Waals surface area contributed by atoms with Gasteiger partial charge in [0.1, 0.15) is 5.69 Å². The van der Waals surface area contributed by atoms with Gasteiger partial charge in [0.05, 0.1) is 12.1 Å². The molecule has 0 atom stereocenters. The second-order valence-corrected chi connectivity index (χ2v) is 4.89. The van der Waals surface area contributed by atoms with Crippen LogP contribution in [0.2, 0.25) is 0 Å². The fourth-order valence-electron chi connectivity index (χ4n) is 2.35. The van der Waals surface area contributed by atoms with Crippen molar-refractivity contribution in [3.05, 3.63) is 17.5 Å². The molecule has 1 fully saturated rings. The molecule has 2 N–H and O–H groups in total. The van der Waals surface area contributed by atoms with Crippen molar-refractivity contribution in [3.8, 4) is 0 Å². The van der Waals surface area contributed by atoms with Crippen LogP contribution in [0.5, 0.6) is 0 Å². The lowest BCUT2D eigenvalue weighted by Gasteiger charge is -2.27. The van der Waals surface area contributed by atoms with Gasteiger partial charge in [-0.1, -0.05) is 12.8 Å². The minimum absolute atomic E-state index is 0.00452. The molecule has 17 heavy (non-hydrogen) atoms. The maximum atomic E-state index is 12.0. The highest BCUT2D eigenvalue weighted by molar-refractivity contribution is 5.92. The van der Waals surface area contributed by atoms with Crippen LogP contribution in [-0.2, 0) is 7.05 Å². The molecule has 1 aliphatic rings. The van der Waals surface area contributed by atoms with Crippen molar-refractivity contribution in [2.45, 2.75) is 38.1 Å². The first-order valence-electron chi connectivity index (χ1n) is 6.00. The molecule has 1 amide bonds. The molecule has 1 aromatic rings. The average molecular weight is 237 g/mol. The van der Waals surface area contributed by atoms with Gasteiger partial charge in [-0.25, -0.2) is 0 Å². The zero-order valence-electron chi connectivity index (χ0n) is 10.4. The van der Waals surface area contributed by atoms with Crippen molar-refractivity contribution in [3.63, 3.8) is 0 Å². The molecule has 94 valence electrons. The van der Waals surface area contributed by atoms with Crippen molar-refractivity contribution < 1.29 is 9.90 Å². The normalized spacial score (nSPS) is 18.3. The number of hydrogen-bond acceptors (Lipinski definition) is 3. The summed E-state index contributed by atoms with van der Waals surface area (Å²) in [6, 6.07) is 1.76. The lowest BCUT2D eigenvalue weighted by molar-refractivity contribution is 0.0832. The third-order valence-corrected chi connectivity index (χ3v) is 3.59. The topological polar surface area (TPSA) is 67.2 Å². The number of carbonyl (C=O) groups excluding carboxylic acids is 1. The van der Waals surface area contributed by atoms with Crippen molar-refractivity contribution in [2.24, 2.45) is 7.05 Å². The standard InChI is InChI=1S/C12H19N3O2/c1-9-7-10(14-15(9)2)11(17)13-12(8-16)5-3-4-6-12/h7,16H,3-6,8H2,1-2H3,(H,13,17). The summed E-state index contributed by atoms with van der Waals surface area (Å²) in [6.07, 6.45) is 3.81. The van der Waals surface area contributed by atoms with Crippen LogP contribution in [0.15, 0.2) is 6.07 Å². The number of nitrogens with one attached hydrogen (secondary N) is 1. The number of aromatic nitrogens is 2. The maximum absolute atomic E-state index is 12.0. The number of hydrogen-bond donors (Lipinski definition) is 2. The summed E-state index contributed by atoms with van der Waals surface area (Å²) in [7, 11) is 1.81. The van der Waals surface area contributed by atoms with E-state index in [0.29, 0.717) is 5.69 Å². The van der Waals surface area contributed by atoms with E-state index in [9.17, 15) is 9.90 Å². The van der Waals surface area contributed by atoms with Crippen LogP contribution in [0, 0.1) is 6.92 Å². The summed E-state index contributed by atoms with van der Waals surface area (Å²) in [6.45, 7) is 1.91. The highest BCUT2D eigenvalue weighted by Gasteiger charge is 2.35. The SMILES string of the molecule is Cc1cc(C(=O)NC2(CO)CCCC2)nn1C. The molecule has 2 rings (SSSR count). The highest BCUT2D eigenvalue weighted by atomic mass is 16.3. The van der Waals surface area contributed by atoms with E-state index in [1.54, 1.807) is 10.7 Å². The molecule has 0 radical (unpaired) electrons. The average Bonchev–Trinajstić information content (AvgIpc) is 2.88. The Morgan fingerprint density at radius 1 is 1.59 bits per heavy atom. The van der Waals surface area contributed by atoms with E-state index < -0.39 is 5.54 Å². The Kier molecular flexibility index (Phi) is 3.19. The number of aryl methyl sites for hydroxylation is 2. The Morgan fingerprint density at radius 3 is 2.71 bits per heavy atom. The Bertz CT molecular complexity index is 400. The zero-order valence-corrected chi connectivity index (χ0v) is 10.4. The minimum atomic E-state index is -0.428. The number of aliphatic hydroxyl groups is 1. The monoisotopic (exact) mass is 237 g/mol. The predicted molar refractivity (Wildman–Crippen MR) is 63.7 cm³/mol. The van der Waals surface area contributed by atoms with E-state index in [2.05, 4.69) is 10.4 Å². The van der Waals surface area contributed by atoms with Gasteiger partial charge in [-0.05, 0) is 25.8 Å². The molecule has 1 saturated carbocycles. The molecular weight excluding hydrogens is 218 g/mol. The number of aliphatic hydroxyl groups excluding tert-OH is 1. The minimum Gasteiger partial charge on any atom is -0.394 e. The van der Waals surface area contributed by atoms with Gasteiger partial charge >= 0.3 is 0 Å². The molecule has 0 spiro atoms. The molecule has 0 saturated heterocycles. The largest absolute Gasteiger partial charge is 0.394 e. The highest BCUT2D eigenvalue weighted by Crippen LogP contribution is 2.29. The zero-order chi connectivity index (χ0) is 12.5. The first kappa shape index (κ1) is 12.1. The van der Waals surface area contributed by atoms with E-state index >= 15 is 0 Å². The molecular formula is C12H19N3O2. The quantitative estimate of drug-likeness (QED) is 0.815. The molecule has 5 heteroatoms. The van der Waals surface area contributed by atoms with Crippen molar-refractivity contribution in [1.82, 2.24) is 15.1 Å². The first-order chi connectivity index (χ1) is 8.06. The van der Waals surface area contributed by atoms with Crippen molar-refractivity contribution >= 4 is 5.91 Å². The summed E-state index contributed by atoms with van der Waals surface area (Å²) in [5.74, 6) is -0.190. The summed E-state index contributed by atoms with van der Waals surface area (Å²) in [5, 5.41) is 16.5. The number of carbonyl (C=O) groups is 1. The van der Waals surface area contributed by atoms with Gasteiger partial charge < -0.3 is 10.4 Å². The third-order valence-electron chi connectivity index (χ3n) is 3.59. The molecule has 1 aromatic heterocycles. The van der Waals surface area contributed by atoms with E-state index in [1.165, 1.54) is 0 Å². The second kappa shape index (κ2) is 4.49. The number of rotatable bonds is 3. The maximum Gasteiger partial charge on any atom is 0.272 e. The van der Waals surface area contributed by atoms with Crippen LogP contribution < -0.4 is 5.32 Å². The number of amides is 1. The van der Waals surface area contributed by atoms with Gasteiger partial charge in [0.2, 0.25) is 0 Å². The summed E-state index contributed by atoms with van der Waals surface area (Å²) < 4.78 is 1.68. The van der Waals surface area contributed by atoms with Crippen LogP contribution in [0.1, 0.15) is 41.9 Å². The van der Waals surface area contributed by atoms with Crippen LogP contribution >= 0.6 is 0 Å². The van der Waals surface area contributed by atoms with Gasteiger partial charge in [-0.2, -0.15) is 5.10 Å².